The fourth-order valence-corrected chi connectivity index (χ4v) is 1.66. The number of hydrogen-bond donors (Lipinski definition) is 1. The number of hydrogen-bond acceptors (Lipinski definition) is 1. The van der Waals surface area contributed by atoms with Crippen molar-refractivity contribution < 1.29 is 17.6 Å². The lowest BCUT2D eigenvalue weighted by Crippen LogP contribution is -2.40. The number of halogens is 5. The monoisotopic (exact) mass is 283 g/mol. The minimum atomic E-state index is -4.01. The van der Waals surface area contributed by atoms with Crippen LogP contribution in [0.25, 0.3) is 0 Å². The third-order valence-electron chi connectivity index (χ3n) is 2.58. The Bertz CT molecular complexity index is 367. The van der Waals surface area contributed by atoms with E-state index in [1.54, 1.807) is 31.2 Å². The molecule has 6 heteroatoms. The maximum atomic E-state index is 12.8. The summed E-state index contributed by atoms with van der Waals surface area (Å²) in [5, 5.41) is 2.99. The van der Waals surface area contributed by atoms with Crippen molar-refractivity contribution in [1.82, 2.24) is 5.32 Å². The Labute approximate surface area is 108 Å². The average Bonchev–Trinajstić information content (AvgIpc) is 2.31. The molecule has 0 bridgehead atoms. The SMILES string of the molecule is CCC(NCC(F)(F)C(F)F)c1ccc(Cl)cc1. The van der Waals surface area contributed by atoms with Gasteiger partial charge in [-0.05, 0) is 24.1 Å². The third-order valence-corrected chi connectivity index (χ3v) is 2.84. The van der Waals surface area contributed by atoms with Crippen LogP contribution in [0.5, 0.6) is 0 Å². The maximum Gasteiger partial charge on any atom is 0.319 e. The van der Waals surface area contributed by atoms with Crippen molar-refractivity contribution in [2.75, 3.05) is 6.54 Å². The van der Waals surface area contributed by atoms with Crippen LogP contribution in [0.2, 0.25) is 5.02 Å². The highest BCUT2D eigenvalue weighted by Crippen LogP contribution is 2.24. The van der Waals surface area contributed by atoms with E-state index in [-0.39, 0.29) is 0 Å². The minimum Gasteiger partial charge on any atom is -0.304 e. The van der Waals surface area contributed by atoms with Crippen molar-refractivity contribution >= 4 is 11.6 Å². The molecule has 1 atom stereocenters. The normalized spacial score (nSPS) is 13.9. The molecule has 102 valence electrons. The number of benzene rings is 1. The van der Waals surface area contributed by atoms with Gasteiger partial charge in [0.1, 0.15) is 0 Å². The molecule has 0 aromatic heterocycles. The first-order chi connectivity index (χ1) is 8.36. The van der Waals surface area contributed by atoms with E-state index >= 15 is 0 Å². The van der Waals surface area contributed by atoms with Crippen molar-refractivity contribution in [3.63, 3.8) is 0 Å². The third kappa shape index (κ3) is 4.14. The van der Waals surface area contributed by atoms with Crippen LogP contribution in [-0.4, -0.2) is 18.9 Å². The summed E-state index contributed by atoms with van der Waals surface area (Å²) < 4.78 is 49.6. The molecule has 0 saturated carbocycles. The van der Waals surface area contributed by atoms with Gasteiger partial charge in [-0.3, -0.25) is 0 Å². The molecule has 0 heterocycles. The smallest absolute Gasteiger partial charge is 0.304 e. The van der Waals surface area contributed by atoms with E-state index in [2.05, 4.69) is 5.32 Å². The van der Waals surface area contributed by atoms with Crippen LogP contribution in [0.15, 0.2) is 24.3 Å². The van der Waals surface area contributed by atoms with Crippen LogP contribution >= 0.6 is 11.6 Å². The zero-order valence-corrected chi connectivity index (χ0v) is 10.5. The number of nitrogens with one attached hydrogen (secondary N) is 1. The summed E-state index contributed by atoms with van der Waals surface area (Å²) >= 11 is 5.71. The number of alkyl halides is 4. The summed E-state index contributed by atoms with van der Waals surface area (Å²) in [7, 11) is 0. The van der Waals surface area contributed by atoms with E-state index < -0.39 is 24.9 Å². The van der Waals surface area contributed by atoms with E-state index in [9.17, 15) is 17.6 Å². The molecule has 1 aromatic rings. The molecular weight excluding hydrogens is 270 g/mol. The van der Waals surface area contributed by atoms with Gasteiger partial charge in [0.05, 0.1) is 6.54 Å². The molecule has 1 rings (SSSR count). The molecule has 1 unspecified atom stereocenters. The van der Waals surface area contributed by atoms with Gasteiger partial charge < -0.3 is 5.32 Å². The molecule has 0 amide bonds. The lowest BCUT2D eigenvalue weighted by molar-refractivity contribution is -0.126. The van der Waals surface area contributed by atoms with E-state index in [1.807, 2.05) is 0 Å². The largest absolute Gasteiger partial charge is 0.319 e. The van der Waals surface area contributed by atoms with Crippen LogP contribution in [0.3, 0.4) is 0 Å². The van der Waals surface area contributed by atoms with Crippen LogP contribution in [0.4, 0.5) is 17.6 Å². The zero-order valence-electron chi connectivity index (χ0n) is 9.77. The first-order valence-corrected chi connectivity index (χ1v) is 5.89. The second kappa shape index (κ2) is 6.38. The van der Waals surface area contributed by atoms with Crippen molar-refractivity contribution in [3.8, 4) is 0 Å². The Hall–Kier alpha value is -0.810. The Morgan fingerprint density at radius 3 is 2.22 bits per heavy atom. The Morgan fingerprint density at radius 2 is 1.78 bits per heavy atom. The van der Waals surface area contributed by atoms with Crippen LogP contribution in [0, 0.1) is 0 Å². The molecule has 18 heavy (non-hydrogen) atoms. The lowest BCUT2D eigenvalue weighted by Gasteiger charge is -2.22. The molecule has 0 aliphatic rings. The Balaban J connectivity index is 2.66. The summed E-state index contributed by atoms with van der Waals surface area (Å²) in [5.74, 6) is -4.01. The molecule has 0 saturated heterocycles. The molecule has 1 nitrogen and oxygen atoms in total. The van der Waals surface area contributed by atoms with Crippen LogP contribution in [-0.2, 0) is 0 Å². The average molecular weight is 284 g/mol. The van der Waals surface area contributed by atoms with Gasteiger partial charge in [0.2, 0.25) is 0 Å². The number of rotatable bonds is 6. The Morgan fingerprint density at radius 1 is 1.22 bits per heavy atom. The first-order valence-electron chi connectivity index (χ1n) is 5.51. The van der Waals surface area contributed by atoms with Gasteiger partial charge in [0, 0.05) is 11.1 Å². The van der Waals surface area contributed by atoms with Crippen LogP contribution in [0.1, 0.15) is 24.9 Å². The second-order valence-corrected chi connectivity index (χ2v) is 4.39. The summed E-state index contributed by atoms with van der Waals surface area (Å²) in [6, 6.07) is 6.24. The summed E-state index contributed by atoms with van der Waals surface area (Å²) in [6.45, 7) is 0.735. The second-order valence-electron chi connectivity index (χ2n) is 3.96. The quantitative estimate of drug-likeness (QED) is 0.768. The van der Waals surface area contributed by atoms with Gasteiger partial charge >= 0.3 is 12.3 Å². The topological polar surface area (TPSA) is 12.0 Å². The molecule has 0 aliphatic carbocycles. The molecular formula is C12H14ClF4N. The minimum absolute atomic E-state index is 0.396. The van der Waals surface area contributed by atoms with E-state index in [1.165, 1.54) is 0 Å². The van der Waals surface area contributed by atoms with E-state index in [4.69, 9.17) is 11.6 Å². The standard InChI is InChI=1S/C12H14ClF4N/c1-2-10(8-3-5-9(13)6-4-8)18-7-12(16,17)11(14)15/h3-6,10-11,18H,2,7H2,1H3. The van der Waals surface area contributed by atoms with Gasteiger partial charge in [0.15, 0.2) is 0 Å². The summed E-state index contributed by atoms with van der Waals surface area (Å²) in [5.41, 5.74) is 0.743. The molecule has 0 fully saturated rings. The van der Waals surface area contributed by atoms with Gasteiger partial charge in [-0.1, -0.05) is 30.7 Å². The van der Waals surface area contributed by atoms with Gasteiger partial charge in [-0.25, -0.2) is 8.78 Å². The van der Waals surface area contributed by atoms with Crippen LogP contribution < -0.4 is 5.32 Å². The fourth-order valence-electron chi connectivity index (χ4n) is 1.53. The van der Waals surface area contributed by atoms with Crippen molar-refractivity contribution in [2.45, 2.75) is 31.7 Å². The Kier molecular flexibility index (Phi) is 5.41. The zero-order chi connectivity index (χ0) is 13.8. The van der Waals surface area contributed by atoms with Crippen molar-refractivity contribution in [2.24, 2.45) is 0 Å². The molecule has 0 radical (unpaired) electrons. The molecule has 1 N–H and O–H groups in total. The predicted octanol–water partition coefficient (Wildman–Crippen LogP) is 4.28. The summed E-state index contributed by atoms with van der Waals surface area (Å²) in [4.78, 5) is 0. The summed E-state index contributed by atoms with van der Waals surface area (Å²) in [6.07, 6.45) is -3.14. The molecule has 0 aliphatic heterocycles. The maximum absolute atomic E-state index is 12.8. The van der Waals surface area contributed by atoms with E-state index in [0.717, 1.165) is 5.56 Å². The highest BCUT2D eigenvalue weighted by atomic mass is 35.5. The molecule has 0 spiro atoms. The highest BCUT2D eigenvalue weighted by molar-refractivity contribution is 6.30. The first kappa shape index (κ1) is 15.2. The van der Waals surface area contributed by atoms with Gasteiger partial charge in [0.25, 0.3) is 0 Å². The molecule has 1 aromatic carbocycles. The lowest BCUT2D eigenvalue weighted by atomic mass is 10.0. The highest BCUT2D eigenvalue weighted by Gasteiger charge is 2.40. The van der Waals surface area contributed by atoms with E-state index in [0.29, 0.717) is 11.4 Å². The van der Waals surface area contributed by atoms with Gasteiger partial charge in [-0.15, -0.1) is 0 Å². The van der Waals surface area contributed by atoms with Crippen molar-refractivity contribution in [3.05, 3.63) is 34.9 Å². The predicted molar refractivity (Wildman–Crippen MR) is 63.4 cm³/mol. The van der Waals surface area contributed by atoms with Crippen molar-refractivity contribution in [1.29, 1.82) is 0 Å². The fraction of sp³-hybridized carbons (Fsp3) is 0.500. The van der Waals surface area contributed by atoms with Gasteiger partial charge in [-0.2, -0.15) is 8.78 Å².